The van der Waals surface area contributed by atoms with Gasteiger partial charge in [-0.15, -0.1) is 0 Å². The summed E-state index contributed by atoms with van der Waals surface area (Å²) in [5, 5.41) is 6.54. The summed E-state index contributed by atoms with van der Waals surface area (Å²) in [5.74, 6) is 2.59. The largest absolute Gasteiger partial charge is 0.360 e. The van der Waals surface area contributed by atoms with E-state index in [-0.39, 0.29) is 11.8 Å². The van der Waals surface area contributed by atoms with Crippen LogP contribution in [0.4, 0.5) is 0 Å². The molecule has 1 heterocycles. The van der Waals surface area contributed by atoms with Gasteiger partial charge < -0.3 is 9.84 Å². The first kappa shape index (κ1) is 13.1. The highest BCUT2D eigenvalue weighted by Crippen LogP contribution is 2.33. The van der Waals surface area contributed by atoms with Gasteiger partial charge in [0.2, 0.25) is 5.91 Å². The Balaban J connectivity index is 1.74. The lowest BCUT2D eigenvalue weighted by Crippen LogP contribution is -2.33. The second-order valence-electron chi connectivity index (χ2n) is 5.55. The van der Waals surface area contributed by atoms with Gasteiger partial charge in [0, 0.05) is 12.0 Å². The maximum absolute atomic E-state index is 12.0. The van der Waals surface area contributed by atoms with Crippen molar-refractivity contribution >= 4 is 5.91 Å². The van der Waals surface area contributed by atoms with E-state index in [4.69, 9.17) is 4.52 Å². The average Bonchev–Trinajstić information content (AvgIpc) is 2.89. The zero-order valence-electron chi connectivity index (χ0n) is 11.2. The summed E-state index contributed by atoms with van der Waals surface area (Å²) < 4.78 is 4.96. The molecule has 0 unspecified atom stereocenters. The Morgan fingerprint density at radius 2 is 2.17 bits per heavy atom. The summed E-state index contributed by atoms with van der Waals surface area (Å²) >= 11 is 0. The van der Waals surface area contributed by atoms with Crippen LogP contribution in [0.5, 0.6) is 0 Å². The highest BCUT2D eigenvalue weighted by molar-refractivity contribution is 5.78. The van der Waals surface area contributed by atoms with Gasteiger partial charge in [-0.05, 0) is 37.5 Å². The molecule has 1 aliphatic carbocycles. The van der Waals surface area contributed by atoms with Crippen LogP contribution in [0.2, 0.25) is 0 Å². The molecule has 0 aliphatic heterocycles. The van der Waals surface area contributed by atoms with Gasteiger partial charge in [-0.2, -0.15) is 0 Å². The molecule has 1 aromatic rings. The molecular weight excluding hydrogens is 228 g/mol. The molecule has 1 aliphatic rings. The second kappa shape index (κ2) is 6.03. The van der Waals surface area contributed by atoms with E-state index in [0.717, 1.165) is 24.7 Å². The van der Waals surface area contributed by atoms with Crippen molar-refractivity contribution in [2.45, 2.75) is 46.1 Å². The molecule has 0 bridgehead atoms. The molecule has 0 radical (unpaired) electrons. The summed E-state index contributed by atoms with van der Waals surface area (Å²) in [5.41, 5.74) is 0. The maximum Gasteiger partial charge on any atom is 0.223 e. The van der Waals surface area contributed by atoms with Crippen LogP contribution in [0, 0.1) is 17.8 Å². The summed E-state index contributed by atoms with van der Waals surface area (Å²) in [6.07, 6.45) is 5.99. The first-order valence-corrected chi connectivity index (χ1v) is 6.84. The standard InChI is InChI=1S/C14H22N2O2/c1-10(2)11-3-5-12(6-4-11)14(17)15-9-13-7-8-16-18-13/h7-8,10-12H,3-6,9H2,1-2H3,(H,15,17). The smallest absolute Gasteiger partial charge is 0.223 e. The third-order valence-electron chi connectivity index (χ3n) is 4.01. The molecule has 4 nitrogen and oxygen atoms in total. The van der Waals surface area contributed by atoms with E-state index in [0.29, 0.717) is 12.3 Å². The molecule has 1 aromatic heterocycles. The number of nitrogens with one attached hydrogen (secondary N) is 1. The molecule has 0 saturated heterocycles. The van der Waals surface area contributed by atoms with Crippen LogP contribution in [0.25, 0.3) is 0 Å². The number of carbonyl (C=O) groups excluding carboxylic acids is 1. The molecule has 1 N–H and O–H groups in total. The van der Waals surface area contributed by atoms with E-state index in [9.17, 15) is 4.79 Å². The van der Waals surface area contributed by atoms with E-state index >= 15 is 0 Å². The topological polar surface area (TPSA) is 55.1 Å². The van der Waals surface area contributed by atoms with Crippen molar-refractivity contribution in [3.05, 3.63) is 18.0 Å². The number of amides is 1. The number of carbonyl (C=O) groups is 1. The maximum atomic E-state index is 12.0. The van der Waals surface area contributed by atoms with Crippen LogP contribution in [0.1, 0.15) is 45.3 Å². The number of hydrogen-bond donors (Lipinski definition) is 1. The molecule has 0 atom stereocenters. The summed E-state index contributed by atoms with van der Waals surface area (Å²) in [4.78, 5) is 12.0. The predicted molar refractivity (Wildman–Crippen MR) is 68.6 cm³/mol. The summed E-state index contributed by atoms with van der Waals surface area (Å²) in [6.45, 7) is 4.99. The minimum atomic E-state index is 0.161. The third kappa shape index (κ3) is 3.34. The highest BCUT2D eigenvalue weighted by Gasteiger charge is 2.27. The van der Waals surface area contributed by atoms with E-state index in [1.54, 1.807) is 12.3 Å². The molecule has 100 valence electrons. The SMILES string of the molecule is CC(C)C1CCC(C(=O)NCc2ccno2)CC1. The quantitative estimate of drug-likeness (QED) is 0.894. The fourth-order valence-electron chi connectivity index (χ4n) is 2.70. The third-order valence-corrected chi connectivity index (χ3v) is 4.01. The van der Waals surface area contributed by atoms with Crippen molar-refractivity contribution < 1.29 is 9.32 Å². The van der Waals surface area contributed by atoms with Crippen molar-refractivity contribution in [3.8, 4) is 0 Å². The normalized spacial score (nSPS) is 24.2. The van der Waals surface area contributed by atoms with Crippen LogP contribution in [0.15, 0.2) is 16.8 Å². The van der Waals surface area contributed by atoms with Gasteiger partial charge >= 0.3 is 0 Å². The molecule has 1 saturated carbocycles. The van der Waals surface area contributed by atoms with Gasteiger partial charge in [-0.25, -0.2) is 0 Å². The Labute approximate surface area is 108 Å². The number of hydrogen-bond acceptors (Lipinski definition) is 3. The lowest BCUT2D eigenvalue weighted by Gasteiger charge is -2.30. The number of aromatic nitrogens is 1. The predicted octanol–water partition coefficient (Wildman–Crippen LogP) is 2.75. The molecular formula is C14H22N2O2. The Bertz CT molecular complexity index is 365. The van der Waals surface area contributed by atoms with Gasteiger partial charge in [0.1, 0.15) is 0 Å². The van der Waals surface area contributed by atoms with Gasteiger partial charge in [-0.3, -0.25) is 4.79 Å². The van der Waals surface area contributed by atoms with E-state index in [1.807, 2.05) is 0 Å². The van der Waals surface area contributed by atoms with Crippen molar-refractivity contribution in [2.75, 3.05) is 0 Å². The number of rotatable bonds is 4. The van der Waals surface area contributed by atoms with Crippen LogP contribution in [-0.2, 0) is 11.3 Å². The van der Waals surface area contributed by atoms with Crippen molar-refractivity contribution in [1.29, 1.82) is 0 Å². The van der Waals surface area contributed by atoms with Crippen LogP contribution in [-0.4, -0.2) is 11.1 Å². The zero-order chi connectivity index (χ0) is 13.0. The van der Waals surface area contributed by atoms with Gasteiger partial charge in [0.05, 0.1) is 12.7 Å². The first-order valence-electron chi connectivity index (χ1n) is 6.84. The van der Waals surface area contributed by atoms with E-state index in [1.165, 1.54) is 12.8 Å². The van der Waals surface area contributed by atoms with Crippen LogP contribution < -0.4 is 5.32 Å². The van der Waals surface area contributed by atoms with Crippen molar-refractivity contribution in [3.63, 3.8) is 0 Å². The Morgan fingerprint density at radius 1 is 1.44 bits per heavy atom. The Hall–Kier alpha value is -1.32. The van der Waals surface area contributed by atoms with E-state index < -0.39 is 0 Å². The number of nitrogens with zero attached hydrogens (tertiary/aromatic N) is 1. The molecule has 4 heteroatoms. The molecule has 1 fully saturated rings. The monoisotopic (exact) mass is 250 g/mol. The second-order valence-corrected chi connectivity index (χ2v) is 5.55. The Morgan fingerprint density at radius 3 is 2.72 bits per heavy atom. The summed E-state index contributed by atoms with van der Waals surface area (Å²) in [6, 6.07) is 1.77. The molecule has 0 aromatic carbocycles. The first-order chi connectivity index (χ1) is 8.66. The van der Waals surface area contributed by atoms with Gasteiger partial charge in [0.15, 0.2) is 5.76 Å². The fourth-order valence-corrected chi connectivity index (χ4v) is 2.70. The Kier molecular flexibility index (Phi) is 4.39. The molecule has 2 rings (SSSR count). The fraction of sp³-hybridized carbons (Fsp3) is 0.714. The van der Waals surface area contributed by atoms with Crippen molar-refractivity contribution in [1.82, 2.24) is 10.5 Å². The molecule has 0 spiro atoms. The van der Waals surface area contributed by atoms with Crippen LogP contribution >= 0.6 is 0 Å². The molecule has 18 heavy (non-hydrogen) atoms. The van der Waals surface area contributed by atoms with Gasteiger partial charge in [0.25, 0.3) is 0 Å². The molecule has 1 amide bonds. The zero-order valence-corrected chi connectivity index (χ0v) is 11.2. The lowest BCUT2D eigenvalue weighted by atomic mass is 9.77. The minimum Gasteiger partial charge on any atom is -0.360 e. The van der Waals surface area contributed by atoms with E-state index in [2.05, 4.69) is 24.3 Å². The average molecular weight is 250 g/mol. The highest BCUT2D eigenvalue weighted by atomic mass is 16.5. The summed E-state index contributed by atoms with van der Waals surface area (Å²) in [7, 11) is 0. The van der Waals surface area contributed by atoms with Gasteiger partial charge in [-0.1, -0.05) is 19.0 Å². The van der Waals surface area contributed by atoms with Crippen molar-refractivity contribution in [2.24, 2.45) is 17.8 Å². The van der Waals surface area contributed by atoms with Crippen LogP contribution in [0.3, 0.4) is 0 Å². The lowest BCUT2D eigenvalue weighted by molar-refractivity contribution is -0.126. The minimum absolute atomic E-state index is 0.161.